The van der Waals surface area contributed by atoms with Crippen molar-refractivity contribution in [2.75, 3.05) is 0 Å². The van der Waals surface area contributed by atoms with E-state index in [0.29, 0.717) is 18.1 Å². The summed E-state index contributed by atoms with van der Waals surface area (Å²) < 4.78 is 0.990. The van der Waals surface area contributed by atoms with Crippen LogP contribution in [0, 0.1) is 0 Å². The quantitative estimate of drug-likeness (QED) is 0.755. The van der Waals surface area contributed by atoms with Gasteiger partial charge in [0.05, 0.1) is 0 Å². The predicted octanol–water partition coefficient (Wildman–Crippen LogP) is 2.68. The normalized spacial score (nSPS) is 22.2. The van der Waals surface area contributed by atoms with E-state index < -0.39 is 0 Å². The van der Waals surface area contributed by atoms with Gasteiger partial charge in [-0.25, -0.2) is 0 Å². The fourth-order valence-corrected chi connectivity index (χ4v) is 2.13. The van der Waals surface area contributed by atoms with Crippen LogP contribution in [0.1, 0.15) is 30.7 Å². The van der Waals surface area contributed by atoms with Gasteiger partial charge in [0.1, 0.15) is 5.78 Å². The highest BCUT2D eigenvalue weighted by Crippen LogP contribution is 2.32. The Balaban J connectivity index is 2.21. The number of rotatable bonds is 1. The van der Waals surface area contributed by atoms with Gasteiger partial charge in [0.2, 0.25) is 0 Å². The lowest BCUT2D eigenvalue weighted by molar-refractivity contribution is -0.117. The molecule has 1 atom stereocenters. The molecule has 0 aliphatic heterocycles. The number of pyridine rings is 1. The van der Waals surface area contributed by atoms with E-state index in [1.54, 1.807) is 6.20 Å². The van der Waals surface area contributed by atoms with Gasteiger partial charge in [0.15, 0.2) is 0 Å². The van der Waals surface area contributed by atoms with Gasteiger partial charge in [0, 0.05) is 29.7 Å². The lowest BCUT2D eigenvalue weighted by atomic mass is 10.00. The highest BCUT2D eigenvalue weighted by atomic mass is 79.9. The van der Waals surface area contributed by atoms with E-state index in [4.69, 9.17) is 0 Å². The standard InChI is InChI=1S/C10H10BrNO/c11-9-3-8(5-12-6-9)7-1-2-10(13)4-7/h3,5-7H,1-2,4H2. The van der Waals surface area contributed by atoms with Gasteiger partial charge in [-0.3, -0.25) is 9.78 Å². The molecule has 1 saturated carbocycles. The van der Waals surface area contributed by atoms with Crippen LogP contribution in [0.3, 0.4) is 0 Å². The van der Waals surface area contributed by atoms with Crippen molar-refractivity contribution < 1.29 is 4.79 Å². The van der Waals surface area contributed by atoms with Crippen LogP contribution < -0.4 is 0 Å². The van der Waals surface area contributed by atoms with Gasteiger partial charge in [-0.15, -0.1) is 0 Å². The van der Waals surface area contributed by atoms with Crippen LogP contribution in [-0.2, 0) is 4.79 Å². The van der Waals surface area contributed by atoms with Gasteiger partial charge in [-0.2, -0.15) is 0 Å². The number of aromatic nitrogens is 1. The van der Waals surface area contributed by atoms with E-state index >= 15 is 0 Å². The number of carbonyl (C=O) groups excluding carboxylic acids is 1. The van der Waals surface area contributed by atoms with Crippen LogP contribution in [0.15, 0.2) is 22.9 Å². The van der Waals surface area contributed by atoms with Crippen LogP contribution in [0.5, 0.6) is 0 Å². The minimum Gasteiger partial charge on any atom is -0.300 e. The summed E-state index contributed by atoms with van der Waals surface area (Å²) in [6.45, 7) is 0. The molecule has 2 nitrogen and oxygen atoms in total. The SMILES string of the molecule is O=C1CCC(c2cncc(Br)c2)C1. The van der Waals surface area contributed by atoms with Gasteiger partial charge >= 0.3 is 0 Å². The van der Waals surface area contributed by atoms with E-state index in [1.807, 2.05) is 6.20 Å². The molecule has 3 heteroatoms. The number of nitrogens with zero attached hydrogens (tertiary/aromatic N) is 1. The van der Waals surface area contributed by atoms with Crippen molar-refractivity contribution >= 4 is 21.7 Å². The molecule has 1 aromatic rings. The molecular weight excluding hydrogens is 230 g/mol. The first-order chi connectivity index (χ1) is 6.25. The number of Topliss-reactive ketones (excluding diaryl/α,β-unsaturated/α-hetero) is 1. The van der Waals surface area contributed by atoms with E-state index in [0.717, 1.165) is 17.3 Å². The third kappa shape index (κ3) is 1.97. The van der Waals surface area contributed by atoms with Crippen molar-refractivity contribution in [2.24, 2.45) is 0 Å². The predicted molar refractivity (Wildman–Crippen MR) is 53.5 cm³/mol. The molecule has 1 fully saturated rings. The van der Waals surface area contributed by atoms with Crippen molar-refractivity contribution in [3.05, 3.63) is 28.5 Å². The van der Waals surface area contributed by atoms with E-state index in [1.165, 1.54) is 5.56 Å². The highest BCUT2D eigenvalue weighted by molar-refractivity contribution is 9.10. The number of hydrogen-bond donors (Lipinski definition) is 0. The molecule has 0 aromatic carbocycles. The zero-order valence-electron chi connectivity index (χ0n) is 7.16. The van der Waals surface area contributed by atoms with Crippen LogP contribution in [0.25, 0.3) is 0 Å². The molecule has 0 bridgehead atoms. The monoisotopic (exact) mass is 239 g/mol. The van der Waals surface area contributed by atoms with Crippen molar-refractivity contribution in [1.29, 1.82) is 0 Å². The Kier molecular flexibility index (Phi) is 2.44. The molecule has 2 rings (SSSR count). The first kappa shape index (κ1) is 8.88. The van der Waals surface area contributed by atoms with Gasteiger partial charge < -0.3 is 0 Å². The molecule has 1 aliphatic rings. The van der Waals surface area contributed by atoms with Gasteiger partial charge in [0.25, 0.3) is 0 Å². The number of carbonyl (C=O) groups is 1. The molecule has 0 spiro atoms. The number of halogens is 1. The Morgan fingerprint density at radius 2 is 2.31 bits per heavy atom. The first-order valence-corrected chi connectivity index (χ1v) is 5.17. The highest BCUT2D eigenvalue weighted by Gasteiger charge is 2.23. The Morgan fingerprint density at radius 1 is 1.46 bits per heavy atom. The second-order valence-electron chi connectivity index (χ2n) is 3.41. The summed E-state index contributed by atoms with van der Waals surface area (Å²) in [5.41, 5.74) is 1.18. The fraction of sp³-hybridized carbons (Fsp3) is 0.400. The fourth-order valence-electron chi connectivity index (χ4n) is 1.75. The summed E-state index contributed by atoms with van der Waals surface area (Å²) in [6.07, 6.45) is 6.03. The van der Waals surface area contributed by atoms with Gasteiger partial charge in [-0.05, 0) is 39.9 Å². The average molecular weight is 240 g/mol. The van der Waals surface area contributed by atoms with Crippen LogP contribution in [0.4, 0.5) is 0 Å². The molecular formula is C10H10BrNO. The Labute approximate surface area is 85.5 Å². The smallest absolute Gasteiger partial charge is 0.133 e. The molecule has 1 aliphatic carbocycles. The molecule has 13 heavy (non-hydrogen) atoms. The molecule has 1 unspecified atom stereocenters. The van der Waals surface area contributed by atoms with Crippen LogP contribution in [-0.4, -0.2) is 10.8 Å². The molecule has 1 heterocycles. The summed E-state index contributed by atoms with van der Waals surface area (Å²) >= 11 is 3.38. The minimum atomic E-state index is 0.380. The summed E-state index contributed by atoms with van der Waals surface area (Å²) in [4.78, 5) is 15.2. The summed E-state index contributed by atoms with van der Waals surface area (Å²) in [5.74, 6) is 0.780. The number of hydrogen-bond acceptors (Lipinski definition) is 2. The molecule has 0 radical (unpaired) electrons. The van der Waals surface area contributed by atoms with Crippen molar-refractivity contribution in [2.45, 2.75) is 25.2 Å². The maximum atomic E-state index is 11.1. The van der Waals surface area contributed by atoms with Crippen LogP contribution in [0.2, 0.25) is 0 Å². The second kappa shape index (κ2) is 3.58. The topological polar surface area (TPSA) is 30.0 Å². The Morgan fingerprint density at radius 3 is 2.92 bits per heavy atom. The van der Waals surface area contributed by atoms with E-state index in [9.17, 15) is 4.79 Å². The van der Waals surface area contributed by atoms with Crippen molar-refractivity contribution in [3.8, 4) is 0 Å². The molecule has 68 valence electrons. The third-order valence-electron chi connectivity index (χ3n) is 2.44. The largest absolute Gasteiger partial charge is 0.300 e. The van der Waals surface area contributed by atoms with E-state index in [-0.39, 0.29) is 0 Å². The van der Waals surface area contributed by atoms with E-state index in [2.05, 4.69) is 27.0 Å². The summed E-state index contributed by atoms with van der Waals surface area (Å²) in [5, 5.41) is 0. The number of ketones is 1. The third-order valence-corrected chi connectivity index (χ3v) is 2.88. The van der Waals surface area contributed by atoms with Gasteiger partial charge in [-0.1, -0.05) is 0 Å². The zero-order valence-corrected chi connectivity index (χ0v) is 8.75. The molecule has 1 aromatic heterocycles. The molecule has 0 saturated heterocycles. The first-order valence-electron chi connectivity index (χ1n) is 4.38. The maximum Gasteiger partial charge on any atom is 0.133 e. The second-order valence-corrected chi connectivity index (χ2v) is 4.33. The Bertz CT molecular complexity index is 337. The Hall–Kier alpha value is -0.700. The lowest BCUT2D eigenvalue weighted by Gasteiger charge is -2.07. The van der Waals surface area contributed by atoms with Crippen molar-refractivity contribution in [1.82, 2.24) is 4.98 Å². The lowest BCUT2D eigenvalue weighted by Crippen LogP contribution is -1.94. The maximum absolute atomic E-state index is 11.1. The molecule has 0 N–H and O–H groups in total. The average Bonchev–Trinajstić information content (AvgIpc) is 2.52. The summed E-state index contributed by atoms with van der Waals surface area (Å²) in [6, 6.07) is 2.05. The van der Waals surface area contributed by atoms with Crippen LogP contribution >= 0.6 is 15.9 Å². The molecule has 0 amide bonds. The van der Waals surface area contributed by atoms with Crippen molar-refractivity contribution in [3.63, 3.8) is 0 Å². The summed E-state index contributed by atoms with van der Waals surface area (Å²) in [7, 11) is 0. The zero-order chi connectivity index (χ0) is 9.26. The minimum absolute atomic E-state index is 0.380.